The molecule has 21 heavy (non-hydrogen) atoms. The Kier molecular flexibility index (Phi) is 4.06. The van der Waals surface area contributed by atoms with Crippen molar-refractivity contribution in [3.63, 3.8) is 0 Å². The lowest BCUT2D eigenvalue weighted by atomic mass is 10.2. The molecule has 112 valence electrons. The molecule has 0 fully saturated rings. The summed E-state index contributed by atoms with van der Waals surface area (Å²) in [5.74, 6) is -5.38. The highest BCUT2D eigenvalue weighted by atomic mass is 32.2. The Hall–Kier alpha value is -1.87. The van der Waals surface area contributed by atoms with Crippen molar-refractivity contribution in [1.82, 2.24) is 4.98 Å². The number of sulfone groups is 1. The fraction of sp³-hybridized carbons (Fsp3) is 0.167. The Bertz CT molecular complexity index is 815. The van der Waals surface area contributed by atoms with Crippen molar-refractivity contribution in [2.75, 3.05) is 0 Å². The van der Waals surface area contributed by atoms with E-state index in [0.717, 1.165) is 11.3 Å². The zero-order chi connectivity index (χ0) is 15.8. The number of carboxylic acids is 1. The largest absolute Gasteiger partial charge is 0.477 e. The SMILES string of the molecule is Cc1csc(CS(=O)(=O)c2ccc(F)c(C(=O)O)c2F)n1. The molecule has 0 radical (unpaired) electrons. The summed E-state index contributed by atoms with van der Waals surface area (Å²) in [6, 6.07) is 1.33. The molecule has 1 aromatic heterocycles. The molecule has 0 spiro atoms. The van der Waals surface area contributed by atoms with E-state index in [1.807, 2.05) is 0 Å². The number of aromatic nitrogens is 1. The minimum absolute atomic E-state index is 0.244. The number of carboxylic acid groups (broad SMARTS) is 1. The number of hydrogen-bond donors (Lipinski definition) is 1. The number of hydrogen-bond acceptors (Lipinski definition) is 5. The third-order valence-corrected chi connectivity index (χ3v) is 5.37. The summed E-state index contributed by atoms with van der Waals surface area (Å²) < 4.78 is 51.5. The van der Waals surface area contributed by atoms with Crippen LogP contribution in [0.5, 0.6) is 0 Å². The molecule has 9 heteroatoms. The van der Waals surface area contributed by atoms with E-state index in [9.17, 15) is 22.0 Å². The summed E-state index contributed by atoms with van der Waals surface area (Å²) in [5.41, 5.74) is -0.664. The van der Waals surface area contributed by atoms with E-state index in [1.165, 1.54) is 0 Å². The lowest BCUT2D eigenvalue weighted by Gasteiger charge is -2.07. The van der Waals surface area contributed by atoms with Gasteiger partial charge in [0.05, 0.1) is 0 Å². The van der Waals surface area contributed by atoms with Gasteiger partial charge in [-0.05, 0) is 19.1 Å². The lowest BCUT2D eigenvalue weighted by molar-refractivity contribution is 0.0685. The van der Waals surface area contributed by atoms with E-state index < -0.39 is 43.7 Å². The molecule has 0 aliphatic rings. The molecule has 0 amide bonds. The zero-order valence-electron chi connectivity index (χ0n) is 10.6. The van der Waals surface area contributed by atoms with E-state index in [4.69, 9.17) is 5.11 Å². The molecular weight excluding hydrogens is 324 g/mol. The Labute approximate surface area is 122 Å². The highest BCUT2D eigenvalue weighted by molar-refractivity contribution is 7.90. The Balaban J connectivity index is 2.50. The van der Waals surface area contributed by atoms with Crippen molar-refractivity contribution in [3.8, 4) is 0 Å². The molecule has 0 aliphatic carbocycles. The van der Waals surface area contributed by atoms with Crippen molar-refractivity contribution < 1.29 is 27.1 Å². The van der Waals surface area contributed by atoms with Gasteiger partial charge in [0.15, 0.2) is 15.7 Å². The van der Waals surface area contributed by atoms with Gasteiger partial charge in [-0.2, -0.15) is 0 Å². The standard InChI is InChI=1S/C12H9F2NO4S2/c1-6-4-20-9(15-6)5-21(18,19)8-3-2-7(13)10(11(8)14)12(16)17/h2-4H,5H2,1H3,(H,16,17). The van der Waals surface area contributed by atoms with Gasteiger partial charge in [0, 0.05) is 11.1 Å². The first-order valence-corrected chi connectivity index (χ1v) is 8.10. The second-order valence-corrected chi connectivity index (χ2v) is 7.08. The second-order valence-electron chi connectivity index (χ2n) is 4.18. The molecule has 0 bridgehead atoms. The maximum atomic E-state index is 14.0. The molecule has 2 rings (SSSR count). The molecule has 0 aliphatic heterocycles. The smallest absolute Gasteiger partial charge is 0.341 e. The van der Waals surface area contributed by atoms with Crippen LogP contribution >= 0.6 is 11.3 Å². The summed E-state index contributed by atoms with van der Waals surface area (Å²) in [5, 5.41) is 10.6. The quantitative estimate of drug-likeness (QED) is 0.869. The lowest BCUT2D eigenvalue weighted by Crippen LogP contribution is -2.12. The molecule has 1 heterocycles. The number of carbonyl (C=O) groups is 1. The highest BCUT2D eigenvalue weighted by Gasteiger charge is 2.27. The van der Waals surface area contributed by atoms with Crippen LogP contribution in [0.25, 0.3) is 0 Å². The average molecular weight is 333 g/mol. The number of aromatic carboxylic acids is 1. The van der Waals surface area contributed by atoms with E-state index in [2.05, 4.69) is 4.98 Å². The number of halogens is 2. The summed E-state index contributed by atoms with van der Waals surface area (Å²) in [6.07, 6.45) is 0. The molecule has 0 saturated heterocycles. The van der Waals surface area contributed by atoms with E-state index in [0.29, 0.717) is 17.8 Å². The van der Waals surface area contributed by atoms with Gasteiger partial charge in [-0.1, -0.05) is 0 Å². The number of rotatable bonds is 4. The van der Waals surface area contributed by atoms with Crippen LogP contribution in [0, 0.1) is 18.6 Å². The molecule has 1 aromatic carbocycles. The molecule has 2 aromatic rings. The predicted molar refractivity (Wildman–Crippen MR) is 71.1 cm³/mol. The van der Waals surface area contributed by atoms with Crippen molar-refractivity contribution in [2.24, 2.45) is 0 Å². The van der Waals surface area contributed by atoms with Gasteiger partial charge in [-0.3, -0.25) is 0 Å². The monoisotopic (exact) mass is 333 g/mol. The Morgan fingerprint density at radius 1 is 1.38 bits per heavy atom. The molecule has 0 atom stereocenters. The third kappa shape index (κ3) is 3.08. The topological polar surface area (TPSA) is 84.3 Å². The van der Waals surface area contributed by atoms with Crippen LogP contribution in [0.4, 0.5) is 8.78 Å². The Morgan fingerprint density at radius 3 is 2.57 bits per heavy atom. The van der Waals surface area contributed by atoms with Crippen molar-refractivity contribution in [1.29, 1.82) is 0 Å². The summed E-state index contributed by atoms with van der Waals surface area (Å²) in [7, 11) is -4.16. The first-order valence-electron chi connectivity index (χ1n) is 5.57. The maximum absolute atomic E-state index is 14.0. The van der Waals surface area contributed by atoms with Crippen LogP contribution in [0.3, 0.4) is 0 Å². The van der Waals surface area contributed by atoms with Gasteiger partial charge in [0.2, 0.25) is 0 Å². The summed E-state index contributed by atoms with van der Waals surface area (Å²) in [6.45, 7) is 1.67. The van der Waals surface area contributed by atoms with Gasteiger partial charge in [0.25, 0.3) is 0 Å². The fourth-order valence-electron chi connectivity index (χ4n) is 1.68. The van der Waals surface area contributed by atoms with Crippen LogP contribution < -0.4 is 0 Å². The fourth-order valence-corrected chi connectivity index (χ4v) is 4.17. The second kappa shape index (κ2) is 5.49. The van der Waals surface area contributed by atoms with Crippen LogP contribution in [-0.2, 0) is 15.6 Å². The molecule has 0 saturated carbocycles. The van der Waals surface area contributed by atoms with Crippen molar-refractivity contribution >= 4 is 27.1 Å². The van der Waals surface area contributed by atoms with Crippen LogP contribution in [-0.4, -0.2) is 24.5 Å². The Morgan fingerprint density at radius 2 is 2.05 bits per heavy atom. The van der Waals surface area contributed by atoms with Crippen LogP contribution in [0.1, 0.15) is 21.1 Å². The van der Waals surface area contributed by atoms with Gasteiger partial charge < -0.3 is 5.11 Å². The van der Waals surface area contributed by atoms with Crippen LogP contribution in [0.15, 0.2) is 22.4 Å². The van der Waals surface area contributed by atoms with Crippen molar-refractivity contribution in [3.05, 3.63) is 45.4 Å². The summed E-state index contributed by atoms with van der Waals surface area (Å²) in [4.78, 5) is 13.9. The van der Waals surface area contributed by atoms with Gasteiger partial charge >= 0.3 is 5.97 Å². The number of benzene rings is 1. The number of aryl methyl sites for hydroxylation is 1. The number of thiazole rings is 1. The van der Waals surface area contributed by atoms with E-state index >= 15 is 0 Å². The van der Waals surface area contributed by atoms with Gasteiger partial charge in [-0.15, -0.1) is 11.3 Å². The molecule has 5 nitrogen and oxygen atoms in total. The average Bonchev–Trinajstić information content (AvgIpc) is 2.72. The molecule has 1 N–H and O–H groups in total. The molecular formula is C12H9F2NO4S2. The van der Waals surface area contributed by atoms with E-state index in [-0.39, 0.29) is 5.01 Å². The third-order valence-electron chi connectivity index (χ3n) is 2.58. The maximum Gasteiger partial charge on any atom is 0.341 e. The normalized spacial score (nSPS) is 11.6. The molecule has 0 unspecified atom stereocenters. The first kappa shape index (κ1) is 15.5. The van der Waals surface area contributed by atoms with Gasteiger partial charge in [-0.25, -0.2) is 27.0 Å². The van der Waals surface area contributed by atoms with Gasteiger partial charge in [0.1, 0.15) is 27.0 Å². The number of nitrogens with zero attached hydrogens (tertiary/aromatic N) is 1. The minimum atomic E-state index is -4.16. The first-order chi connectivity index (χ1) is 9.72. The zero-order valence-corrected chi connectivity index (χ0v) is 12.3. The van der Waals surface area contributed by atoms with E-state index in [1.54, 1.807) is 12.3 Å². The van der Waals surface area contributed by atoms with Crippen LogP contribution in [0.2, 0.25) is 0 Å². The minimum Gasteiger partial charge on any atom is -0.477 e. The van der Waals surface area contributed by atoms with Crippen molar-refractivity contribution in [2.45, 2.75) is 17.6 Å². The summed E-state index contributed by atoms with van der Waals surface area (Å²) >= 11 is 1.09. The predicted octanol–water partition coefficient (Wildman–Crippen LogP) is 2.40. The highest BCUT2D eigenvalue weighted by Crippen LogP contribution is 2.25.